The molecule has 111 heavy (non-hydrogen) atoms. The predicted octanol–water partition coefficient (Wildman–Crippen LogP) is 13.6. The number of ether oxygens (including phenoxy) is 3. The number of carbonyl (C=O) groups excluding carboxylic acids is 4. The van der Waals surface area contributed by atoms with Crippen LogP contribution in [0.25, 0.3) is 33.7 Å². The molecule has 0 aliphatic carbocycles. The highest BCUT2D eigenvalue weighted by Gasteiger charge is 2.23. The lowest BCUT2D eigenvalue weighted by Gasteiger charge is -2.09. The highest BCUT2D eigenvalue weighted by Crippen LogP contribution is 2.27. The number of imidazole rings is 2. The number of halogens is 6. The fourth-order valence-electron chi connectivity index (χ4n) is 7.38. The first kappa shape index (κ1) is 93.2. The SMILES string of the molecule is C.C#CC#CC#CC#CC#CC#CC.CC#CC#CC#CC#CC#CC.CCOC(=O)C(=O)OCC.CCOC(=O)c1nc2cccnc2n1-c1ccc(Cl)c(F)c1.Cn1ccc(N)n1.Cn1ccc(NC(=O)c2nc3cccnc3n2-c2ccc(Cl)c(F)c2)n1.Nc1cccnc1Nc1ccc(Cl)c(F)c1.[CH3][Al]([CH3])[CH3]. The Morgan fingerprint density at radius 3 is 1.30 bits per heavy atom. The zero-order chi connectivity index (χ0) is 81.2. The summed E-state index contributed by atoms with van der Waals surface area (Å²) in [5.41, 5.74) is 14.7. The third kappa shape index (κ3) is 34.9. The van der Waals surface area contributed by atoms with Gasteiger partial charge < -0.3 is 36.3 Å². The number of nitrogens with zero attached hydrogens (tertiary/aromatic N) is 11. The number of nitrogens with two attached hydrogens (primary N) is 2. The van der Waals surface area contributed by atoms with E-state index < -0.39 is 41.3 Å². The molecule has 6 N–H and O–H groups in total. The van der Waals surface area contributed by atoms with Gasteiger partial charge in [0.05, 0.1) is 52.0 Å². The maximum atomic E-state index is 14.0. The quantitative estimate of drug-likeness (QED) is 0.0325. The fourth-order valence-corrected chi connectivity index (χ4v) is 7.73. The lowest BCUT2D eigenvalue weighted by Crippen LogP contribution is -2.19. The first-order chi connectivity index (χ1) is 52.9. The van der Waals surface area contributed by atoms with E-state index in [2.05, 4.69) is 197 Å². The molecule has 0 spiro atoms. The number of anilines is 5. The molecule has 0 bridgehead atoms. The number of aromatic nitrogens is 11. The van der Waals surface area contributed by atoms with Gasteiger partial charge in [-0.2, -0.15) is 10.2 Å². The molecule has 0 aliphatic heterocycles. The highest BCUT2D eigenvalue weighted by atomic mass is 35.5. The number of amides is 1. The van der Waals surface area contributed by atoms with E-state index in [0.29, 0.717) is 62.5 Å². The molecule has 10 rings (SSSR count). The van der Waals surface area contributed by atoms with Crippen molar-refractivity contribution in [3.8, 4) is 142 Å². The third-order valence-corrected chi connectivity index (χ3v) is 12.5. The summed E-state index contributed by atoms with van der Waals surface area (Å²) in [7, 11) is 3.57. The Bertz CT molecular complexity index is 5520. The number of aryl methyl sites for hydroxylation is 2. The number of rotatable bonds is 10. The minimum absolute atomic E-state index is 0. The standard InChI is InChI=1S/C17H12ClFN6O.C15H11ClFN3O2.C13H4.C12H6.C11H9ClFN3.C6H10O4.C4H7N3.CH4.3CH3.Al/c1-24-8-6-14(23-24)22-17(26)16-21-13-3-2-7-20-15(13)25(16)10-4-5-11(18)12(19)9-10;1-2-22-15(21)14-19-12-4-3-7-18-13(12)20(14)9-5-6-10(16)11(17)8-9;1-3-5-7-9-11-13-12-10-8-6-4-2;1-3-5-7-9-11-12-10-8-6-4-2;12-8-4-3-7(6-9(8)13)16-11-10(14)2-1-5-15-11;1-3-9-5(7)6(8)10-4-2;1-7-3-2-4(5)6-7;;;;;/h2-9H,1H3,(H,22,23,26);3-8H,2H2,1H3;1H,2H3;1-2H3;1-6H,14H2,(H,15,16);3-4H2,1-2H3;2-3H,1H3,(H2,5,6);1H4;3*1H3;. The van der Waals surface area contributed by atoms with Gasteiger partial charge in [-0.3, -0.25) is 23.3 Å². The topological polar surface area (TPSA) is 282 Å². The van der Waals surface area contributed by atoms with Crippen molar-refractivity contribution in [2.45, 2.75) is 66.3 Å². The molecule has 0 atom stereocenters. The molecule has 0 saturated carbocycles. The predicted molar refractivity (Wildman–Crippen MR) is 433 cm³/mol. The molecular formula is C82H72AlCl3F3N15O7. The summed E-state index contributed by atoms with van der Waals surface area (Å²) in [5, 5.41) is 13.6. The smallest absolute Gasteiger partial charge is 0.417 e. The second-order valence-electron chi connectivity index (χ2n) is 20.8. The maximum absolute atomic E-state index is 14.0. The van der Waals surface area contributed by atoms with Crippen molar-refractivity contribution < 1.29 is 46.6 Å². The second kappa shape index (κ2) is 53.0. The number of benzene rings is 3. The molecule has 1 amide bonds. The van der Waals surface area contributed by atoms with Gasteiger partial charge in [0.2, 0.25) is 11.6 Å². The molecule has 0 unspecified atom stereocenters. The van der Waals surface area contributed by atoms with E-state index in [4.69, 9.17) is 57.4 Å². The highest BCUT2D eigenvalue weighted by molar-refractivity contribution is 6.54. The summed E-state index contributed by atoms with van der Waals surface area (Å²) in [6, 6.07) is 26.6. The van der Waals surface area contributed by atoms with Crippen LogP contribution in [0.4, 0.5) is 42.0 Å². The Hall–Kier alpha value is -13.9. The Morgan fingerprint density at radius 2 is 0.919 bits per heavy atom. The van der Waals surface area contributed by atoms with Crippen molar-refractivity contribution in [3.63, 3.8) is 0 Å². The molecule has 29 heteroatoms. The summed E-state index contributed by atoms with van der Waals surface area (Å²) in [6.07, 6.45) is 13.1. The first-order valence-electron chi connectivity index (χ1n) is 32.2. The van der Waals surface area contributed by atoms with Crippen LogP contribution >= 0.6 is 34.8 Å². The number of esters is 3. The number of nitrogen functional groups attached to an aromatic ring is 2. The van der Waals surface area contributed by atoms with Crippen molar-refractivity contribution in [1.29, 1.82) is 0 Å². The zero-order valence-corrected chi connectivity index (χ0v) is 64.6. The Labute approximate surface area is 662 Å². The minimum Gasteiger partial charge on any atom is -0.460 e. The monoisotopic (exact) mass is 1570 g/mol. The molecule has 0 fully saturated rings. The van der Waals surface area contributed by atoms with Crippen LogP contribution in [0.5, 0.6) is 0 Å². The molecule has 10 aromatic rings. The number of pyridine rings is 3. The largest absolute Gasteiger partial charge is 0.460 e. The van der Waals surface area contributed by atoms with E-state index in [9.17, 15) is 32.3 Å². The summed E-state index contributed by atoms with van der Waals surface area (Å²) in [5.74, 6) is 56.3. The Morgan fingerprint density at radius 1 is 0.523 bits per heavy atom. The normalized spacial score (nSPS) is 8.65. The molecule has 7 aromatic heterocycles. The van der Waals surface area contributed by atoms with Crippen LogP contribution in [0.15, 0.2) is 134 Å². The molecule has 0 radical (unpaired) electrons. The van der Waals surface area contributed by atoms with Crippen molar-refractivity contribution in [1.82, 2.24) is 53.6 Å². The lowest BCUT2D eigenvalue weighted by atomic mass is 10.3. The third-order valence-electron chi connectivity index (χ3n) is 11.6. The molecular weight excluding hydrogens is 1500 g/mol. The van der Waals surface area contributed by atoms with Crippen molar-refractivity contribution in [2.75, 3.05) is 41.9 Å². The van der Waals surface area contributed by atoms with E-state index in [-0.39, 0.29) is 68.1 Å². The number of terminal acetylenes is 1. The van der Waals surface area contributed by atoms with Gasteiger partial charge in [-0.25, -0.2) is 52.5 Å². The summed E-state index contributed by atoms with van der Waals surface area (Å²) in [6.45, 7) is 10.7. The summed E-state index contributed by atoms with van der Waals surface area (Å²) in [4.78, 5) is 66.8. The molecule has 3 aromatic carbocycles. The minimum atomic E-state index is -0.927. The summed E-state index contributed by atoms with van der Waals surface area (Å²) < 4.78 is 60.7. The molecule has 0 aliphatic rings. The molecule has 22 nitrogen and oxygen atoms in total. The van der Waals surface area contributed by atoms with E-state index >= 15 is 0 Å². The number of hydrogen-bond donors (Lipinski definition) is 4. The summed E-state index contributed by atoms with van der Waals surface area (Å²) >= 11 is 16.9. The van der Waals surface area contributed by atoms with Gasteiger partial charge in [-0.15, -0.1) is 23.8 Å². The zero-order valence-electron chi connectivity index (χ0n) is 61.2. The lowest BCUT2D eigenvalue weighted by molar-refractivity contribution is -0.167. The van der Waals surface area contributed by atoms with E-state index in [1.807, 2.05) is 7.05 Å². The first-order valence-corrected chi connectivity index (χ1v) is 36.8. The van der Waals surface area contributed by atoms with Crippen LogP contribution in [-0.2, 0) is 37.9 Å². The molecule has 562 valence electrons. The number of nitrogens with one attached hydrogen (secondary N) is 2. The van der Waals surface area contributed by atoms with Crippen LogP contribution in [0.2, 0.25) is 32.4 Å². The van der Waals surface area contributed by atoms with Gasteiger partial charge in [0, 0.05) is 56.8 Å². The van der Waals surface area contributed by atoms with Crippen LogP contribution in [-0.4, -0.2) is 111 Å². The van der Waals surface area contributed by atoms with E-state index in [1.165, 1.54) is 45.5 Å². The fraction of sp³-hybridized carbons (Fsp3) is 0.183. The maximum Gasteiger partial charge on any atom is 0.417 e. The Kier molecular flexibility index (Phi) is 44.5. The van der Waals surface area contributed by atoms with E-state index in [1.54, 1.807) is 156 Å². The number of hydrogen-bond acceptors (Lipinski definition) is 17. The number of carbonyl (C=O) groups is 4. The van der Waals surface area contributed by atoms with Gasteiger partial charge in [-0.05, 0) is 245 Å². The average Bonchev–Trinajstić information content (AvgIpc) is 1.64. The second-order valence-corrected chi connectivity index (χ2v) is 25.5. The van der Waals surface area contributed by atoms with Crippen molar-refractivity contribution in [3.05, 3.63) is 178 Å². The molecule has 7 heterocycles. The van der Waals surface area contributed by atoms with E-state index in [0.717, 1.165) is 0 Å². The van der Waals surface area contributed by atoms with Gasteiger partial charge >= 0.3 is 17.9 Å². The van der Waals surface area contributed by atoms with Gasteiger partial charge in [0.1, 0.15) is 34.3 Å². The number of fused-ring (bicyclic) bond motifs is 2. The van der Waals surface area contributed by atoms with Crippen LogP contribution in [0.3, 0.4) is 0 Å². The van der Waals surface area contributed by atoms with Gasteiger partial charge in [0.15, 0.2) is 22.9 Å². The van der Waals surface area contributed by atoms with Crippen LogP contribution in [0, 0.1) is 148 Å². The van der Waals surface area contributed by atoms with Crippen LogP contribution in [0.1, 0.15) is 70.2 Å². The van der Waals surface area contributed by atoms with Crippen molar-refractivity contribution >= 4 is 124 Å². The van der Waals surface area contributed by atoms with Crippen molar-refractivity contribution in [2.24, 2.45) is 14.1 Å². The average molecular weight is 1570 g/mol. The Balaban J connectivity index is 0.000000451. The van der Waals surface area contributed by atoms with Crippen LogP contribution < -0.4 is 22.1 Å². The van der Waals surface area contributed by atoms with Gasteiger partial charge in [0.25, 0.3) is 20.1 Å². The van der Waals surface area contributed by atoms with Gasteiger partial charge in [-0.1, -0.05) is 60.0 Å². The molecule has 0 saturated heterocycles.